The topological polar surface area (TPSA) is 170 Å². The zero-order valence-electron chi connectivity index (χ0n) is 12.4. The van der Waals surface area contributed by atoms with Crippen molar-refractivity contribution < 1.29 is 32.0 Å². The molecule has 24 heavy (non-hydrogen) atoms. The van der Waals surface area contributed by atoms with Gasteiger partial charge in [-0.2, -0.15) is 12.7 Å². The number of hydrogen-bond donors (Lipinski definition) is 1. The van der Waals surface area contributed by atoms with Crippen molar-refractivity contribution in [3.8, 4) is 0 Å². The maximum atomic E-state index is 12.1. The fourth-order valence-corrected chi connectivity index (χ4v) is 3.07. The Kier molecular flexibility index (Phi) is 5.75. The molecular formula is C9H12N3O9S3+. The van der Waals surface area contributed by atoms with E-state index in [1.165, 1.54) is 12.5 Å². The van der Waals surface area contributed by atoms with Gasteiger partial charge in [0.1, 0.15) is 6.07 Å². The first kappa shape index (κ1) is 20.1. The summed E-state index contributed by atoms with van der Waals surface area (Å²) in [6, 6.07) is 0.798. The van der Waals surface area contributed by atoms with Crippen LogP contribution in [0.3, 0.4) is 0 Å². The highest BCUT2D eigenvalue weighted by Crippen LogP contribution is 2.54. The van der Waals surface area contributed by atoms with Crippen LogP contribution in [0.5, 0.6) is 0 Å². The van der Waals surface area contributed by atoms with Crippen LogP contribution in [0.1, 0.15) is 0 Å². The Morgan fingerprint density at radius 2 is 1.58 bits per heavy atom. The van der Waals surface area contributed by atoms with E-state index in [0.29, 0.717) is 12.1 Å². The number of nitro groups is 2. The van der Waals surface area contributed by atoms with E-state index < -0.39 is 51.3 Å². The van der Waals surface area contributed by atoms with Gasteiger partial charge in [-0.05, 0) is 6.26 Å². The first-order valence-corrected chi connectivity index (χ1v) is 11.3. The van der Waals surface area contributed by atoms with Crippen LogP contribution >= 0.6 is 20.1 Å². The molecule has 0 radical (unpaired) electrons. The second-order valence-electron chi connectivity index (χ2n) is 4.44. The highest BCUT2D eigenvalue weighted by atomic mass is 33.2. The summed E-state index contributed by atoms with van der Waals surface area (Å²) in [7, 11) is -6.20. The molecule has 1 rings (SSSR count). The highest BCUT2D eigenvalue weighted by Gasteiger charge is 2.42. The molecule has 0 aromatic heterocycles. The predicted molar refractivity (Wildman–Crippen MR) is 86.9 cm³/mol. The Hall–Kier alpha value is -1.97. The molecule has 134 valence electrons. The fraction of sp³-hybridized carbons (Fsp3) is 0.333. The third kappa shape index (κ3) is 4.53. The van der Waals surface area contributed by atoms with Gasteiger partial charge in [-0.15, -0.1) is 0 Å². The van der Waals surface area contributed by atoms with Gasteiger partial charge in [0.2, 0.25) is 0 Å². The van der Waals surface area contributed by atoms with E-state index in [1.54, 1.807) is 6.26 Å². The van der Waals surface area contributed by atoms with Crippen LogP contribution in [0.4, 0.5) is 17.1 Å². The van der Waals surface area contributed by atoms with Gasteiger partial charge in [0.05, 0.1) is 20.8 Å². The molecule has 1 N–H and O–H groups in total. The Balaban J connectivity index is 3.76. The van der Waals surface area contributed by atoms with Crippen molar-refractivity contribution in [1.29, 1.82) is 0 Å². The summed E-state index contributed by atoms with van der Waals surface area (Å²) in [5.41, 5.74) is -3.29. The normalized spacial score (nSPS) is 12.5. The van der Waals surface area contributed by atoms with Crippen molar-refractivity contribution >= 4 is 47.3 Å². The second kappa shape index (κ2) is 6.88. The molecule has 15 heteroatoms. The lowest BCUT2D eigenvalue weighted by Crippen LogP contribution is -2.12. The Labute approximate surface area is 140 Å². The van der Waals surface area contributed by atoms with Crippen LogP contribution in [0, 0.1) is 25.1 Å². The number of rotatable bonds is 7. The summed E-state index contributed by atoms with van der Waals surface area (Å²) >= 11 is 0. The van der Waals surface area contributed by atoms with E-state index in [2.05, 4.69) is 0 Å². The van der Waals surface area contributed by atoms with Gasteiger partial charge in [0, 0.05) is 21.9 Å². The van der Waals surface area contributed by atoms with Gasteiger partial charge in [-0.1, -0.05) is 10.8 Å². The first-order chi connectivity index (χ1) is 10.8. The number of benzene rings is 1. The average Bonchev–Trinajstić information content (AvgIpc) is 2.44. The van der Waals surface area contributed by atoms with Gasteiger partial charge < -0.3 is 0 Å². The van der Waals surface area contributed by atoms with Crippen molar-refractivity contribution in [2.75, 3.05) is 18.8 Å². The van der Waals surface area contributed by atoms with Crippen LogP contribution in [-0.2, 0) is 14.4 Å². The number of non-ortho nitro benzene ring substituents is 1. The molecule has 0 aliphatic carbocycles. The smallest absolute Gasteiger partial charge is 0.281 e. The molecule has 1 aromatic rings. The van der Waals surface area contributed by atoms with Crippen molar-refractivity contribution in [2.45, 2.75) is 4.90 Å². The van der Waals surface area contributed by atoms with Crippen LogP contribution in [0.25, 0.3) is 0 Å². The Morgan fingerprint density at radius 3 is 1.96 bits per heavy atom. The maximum Gasteiger partial charge on any atom is 0.352 e. The molecule has 0 fully saturated rings. The number of nitrogens with zero attached hydrogens (tertiary/aromatic N) is 3. The SMILES string of the molecule is CSS(C)(C)O[N+](=O)c1cc([N+](=O)[O-])cc([N+](=O)[O-])c1S(=O)(=O)O. The molecule has 0 spiro atoms. The standard InChI is InChI=1S/C9H11N3O9S3/c1-22-23(2,3)21-12(17)8-5-6(10(13)14)4-7(11(15)16)9(8)24(18,19)20/h4-5H,1-3H3/p+1. The second-order valence-corrected chi connectivity index (χ2v) is 12.0. The van der Waals surface area contributed by atoms with Crippen LogP contribution in [0.2, 0.25) is 0 Å². The summed E-state index contributed by atoms with van der Waals surface area (Å²) in [4.78, 5) is 29.9. The number of hydrogen-bond acceptors (Lipinski definition) is 9. The molecule has 0 unspecified atom stereocenters. The van der Waals surface area contributed by atoms with E-state index in [9.17, 15) is 38.1 Å². The number of nitro benzene ring substituents is 2. The maximum absolute atomic E-state index is 12.1. The van der Waals surface area contributed by atoms with E-state index in [-0.39, 0.29) is 4.92 Å². The lowest BCUT2D eigenvalue weighted by molar-refractivity contribution is -0.697. The Morgan fingerprint density at radius 1 is 1.08 bits per heavy atom. The largest absolute Gasteiger partial charge is 0.352 e. The van der Waals surface area contributed by atoms with Crippen molar-refractivity contribution in [1.82, 2.24) is 0 Å². The third-order valence-corrected chi connectivity index (χ3v) is 7.37. The monoisotopic (exact) mass is 402 g/mol. The molecule has 1 aromatic carbocycles. The van der Waals surface area contributed by atoms with Gasteiger partial charge in [-0.3, -0.25) is 24.8 Å². The van der Waals surface area contributed by atoms with Crippen LogP contribution in [0.15, 0.2) is 17.0 Å². The molecule has 12 nitrogen and oxygen atoms in total. The van der Waals surface area contributed by atoms with E-state index >= 15 is 0 Å². The minimum atomic E-state index is -5.24. The van der Waals surface area contributed by atoms with Crippen molar-refractivity contribution in [3.63, 3.8) is 0 Å². The highest BCUT2D eigenvalue weighted by molar-refractivity contribution is 8.91. The van der Waals surface area contributed by atoms with E-state index in [1.807, 2.05) is 0 Å². The molecule has 0 heterocycles. The summed E-state index contributed by atoms with van der Waals surface area (Å²) in [5.74, 6) is 0. The lowest BCUT2D eigenvalue weighted by Gasteiger charge is -2.19. The molecule has 0 bridgehead atoms. The predicted octanol–water partition coefficient (Wildman–Crippen LogP) is 2.35. The van der Waals surface area contributed by atoms with Crippen molar-refractivity contribution in [3.05, 3.63) is 37.3 Å². The third-order valence-electron chi connectivity index (χ3n) is 2.55. The summed E-state index contributed by atoms with van der Waals surface area (Å²) in [5, 5.41) is 21.9. The lowest BCUT2D eigenvalue weighted by atomic mass is 10.2. The molecule has 0 atom stereocenters. The van der Waals surface area contributed by atoms with E-state index in [0.717, 1.165) is 10.8 Å². The van der Waals surface area contributed by atoms with Gasteiger partial charge in [0.25, 0.3) is 15.5 Å². The van der Waals surface area contributed by atoms with Crippen LogP contribution < -0.4 is 0 Å². The van der Waals surface area contributed by atoms with Crippen LogP contribution in [-0.4, -0.2) is 46.5 Å². The van der Waals surface area contributed by atoms with Gasteiger partial charge >= 0.3 is 21.5 Å². The molecule has 0 aliphatic heterocycles. The van der Waals surface area contributed by atoms with Gasteiger partial charge in [0.15, 0.2) is 0 Å². The molecule has 0 saturated heterocycles. The van der Waals surface area contributed by atoms with Crippen molar-refractivity contribution in [2.24, 2.45) is 0 Å². The zero-order chi connectivity index (χ0) is 18.9. The minimum absolute atomic E-state index is 0.326. The Bertz CT molecular complexity index is 821. The summed E-state index contributed by atoms with van der Waals surface area (Å²) in [6.45, 7) is 0. The van der Waals surface area contributed by atoms with Gasteiger partial charge in [-0.25, -0.2) is 0 Å². The molecule has 0 aliphatic rings. The first-order valence-electron chi connectivity index (χ1n) is 5.70. The summed E-state index contributed by atoms with van der Waals surface area (Å²) < 4.78 is 37.1. The average molecular weight is 402 g/mol. The quantitative estimate of drug-likeness (QED) is 0.309. The molecular weight excluding hydrogens is 390 g/mol. The molecule has 0 saturated carbocycles. The summed E-state index contributed by atoms with van der Waals surface area (Å²) in [6.07, 6.45) is 4.63. The van der Waals surface area contributed by atoms with E-state index in [4.69, 9.17) is 4.28 Å². The minimum Gasteiger partial charge on any atom is -0.281 e. The fourth-order valence-electron chi connectivity index (χ4n) is 1.46. The molecule has 0 amide bonds. The zero-order valence-corrected chi connectivity index (χ0v) is 14.9.